The maximum atomic E-state index is 12.7. The minimum atomic E-state index is 0.175. The first-order valence-electron chi connectivity index (χ1n) is 9.34. The van der Waals surface area contributed by atoms with Crippen LogP contribution in [0.15, 0.2) is 42.6 Å². The van der Waals surface area contributed by atoms with Crippen molar-refractivity contribution >= 4 is 16.9 Å². The summed E-state index contributed by atoms with van der Waals surface area (Å²) >= 11 is 0. The number of likely N-dealkylation sites (tertiary alicyclic amines) is 1. The summed E-state index contributed by atoms with van der Waals surface area (Å²) in [5, 5.41) is 5.83. The zero-order valence-electron chi connectivity index (χ0n) is 15.8. The summed E-state index contributed by atoms with van der Waals surface area (Å²) in [5.41, 5.74) is 3.02. The first-order valence-corrected chi connectivity index (χ1v) is 9.34. The van der Waals surface area contributed by atoms with Crippen LogP contribution >= 0.6 is 0 Å². The van der Waals surface area contributed by atoms with Crippen LogP contribution in [0.4, 0.5) is 0 Å². The second kappa shape index (κ2) is 7.39. The van der Waals surface area contributed by atoms with Crippen LogP contribution in [0.3, 0.4) is 0 Å². The molecule has 3 heterocycles. The van der Waals surface area contributed by atoms with E-state index in [-0.39, 0.29) is 5.91 Å². The molecule has 2 aromatic heterocycles. The number of methoxy groups -OCH3 is 1. The van der Waals surface area contributed by atoms with Crippen LogP contribution in [0.1, 0.15) is 30.0 Å². The molecule has 0 atom stereocenters. The molecule has 0 spiro atoms. The van der Waals surface area contributed by atoms with Gasteiger partial charge in [-0.3, -0.25) is 9.48 Å². The van der Waals surface area contributed by atoms with Gasteiger partial charge in [0.1, 0.15) is 5.75 Å². The summed E-state index contributed by atoms with van der Waals surface area (Å²) in [6, 6.07) is 11.8. The van der Waals surface area contributed by atoms with Crippen molar-refractivity contribution in [2.24, 2.45) is 7.05 Å². The fraction of sp³-hybridized carbons (Fsp3) is 0.381. The molecule has 0 unspecified atom stereocenters. The van der Waals surface area contributed by atoms with Gasteiger partial charge in [-0.25, -0.2) is 4.98 Å². The molecule has 1 aromatic carbocycles. The number of piperidine rings is 1. The molecule has 0 radical (unpaired) electrons. The van der Waals surface area contributed by atoms with Crippen LogP contribution in [0.25, 0.3) is 11.0 Å². The SMILES string of the molecule is COc1cccc(CC(=O)N2CCC(c3nn(C)c4ncccc34)CC2)c1. The fourth-order valence-corrected chi connectivity index (χ4v) is 3.89. The van der Waals surface area contributed by atoms with Crippen LogP contribution in [0.5, 0.6) is 5.75 Å². The smallest absolute Gasteiger partial charge is 0.226 e. The Hall–Kier alpha value is -2.89. The number of benzene rings is 1. The number of carbonyl (C=O) groups excluding carboxylic acids is 1. The highest BCUT2D eigenvalue weighted by molar-refractivity contribution is 5.80. The molecule has 0 aliphatic carbocycles. The Labute approximate surface area is 158 Å². The molecule has 4 rings (SSSR count). The van der Waals surface area contributed by atoms with Gasteiger partial charge in [0.25, 0.3) is 0 Å². The minimum Gasteiger partial charge on any atom is -0.497 e. The molecule has 140 valence electrons. The number of hydrogen-bond acceptors (Lipinski definition) is 4. The molecule has 0 saturated carbocycles. The van der Waals surface area contributed by atoms with Crippen molar-refractivity contribution in [3.63, 3.8) is 0 Å². The van der Waals surface area contributed by atoms with Crippen molar-refractivity contribution in [3.05, 3.63) is 53.9 Å². The summed E-state index contributed by atoms with van der Waals surface area (Å²) < 4.78 is 7.10. The number of aryl methyl sites for hydroxylation is 1. The Morgan fingerprint density at radius 3 is 2.81 bits per heavy atom. The lowest BCUT2D eigenvalue weighted by Gasteiger charge is -2.31. The molecular weight excluding hydrogens is 340 g/mol. The molecule has 0 N–H and O–H groups in total. The molecule has 1 aliphatic heterocycles. The maximum absolute atomic E-state index is 12.7. The van der Waals surface area contributed by atoms with E-state index in [1.165, 1.54) is 0 Å². The van der Waals surface area contributed by atoms with E-state index in [9.17, 15) is 4.79 Å². The highest BCUT2D eigenvalue weighted by atomic mass is 16.5. The van der Waals surface area contributed by atoms with Crippen molar-refractivity contribution in [2.75, 3.05) is 20.2 Å². The Balaban J connectivity index is 1.41. The number of fused-ring (bicyclic) bond motifs is 1. The number of hydrogen-bond donors (Lipinski definition) is 0. The number of carbonyl (C=O) groups is 1. The van der Waals surface area contributed by atoms with Crippen LogP contribution in [-0.4, -0.2) is 45.8 Å². The van der Waals surface area contributed by atoms with Crippen molar-refractivity contribution in [2.45, 2.75) is 25.2 Å². The van der Waals surface area contributed by atoms with Gasteiger partial charge < -0.3 is 9.64 Å². The highest BCUT2D eigenvalue weighted by Crippen LogP contribution is 2.31. The van der Waals surface area contributed by atoms with Gasteiger partial charge in [-0.15, -0.1) is 0 Å². The average Bonchev–Trinajstić information content (AvgIpc) is 3.05. The van der Waals surface area contributed by atoms with Crippen molar-refractivity contribution in [1.29, 1.82) is 0 Å². The Morgan fingerprint density at radius 2 is 2.04 bits per heavy atom. The van der Waals surface area contributed by atoms with Gasteiger partial charge in [0, 0.05) is 37.6 Å². The predicted molar refractivity (Wildman–Crippen MR) is 104 cm³/mol. The van der Waals surface area contributed by atoms with Crippen molar-refractivity contribution < 1.29 is 9.53 Å². The molecule has 1 aliphatic rings. The largest absolute Gasteiger partial charge is 0.497 e. The molecule has 0 bridgehead atoms. The molecule has 6 heteroatoms. The second-order valence-electron chi connectivity index (χ2n) is 7.07. The van der Waals surface area contributed by atoms with Gasteiger partial charge >= 0.3 is 0 Å². The van der Waals surface area contributed by atoms with Gasteiger partial charge in [-0.1, -0.05) is 12.1 Å². The van der Waals surface area contributed by atoms with E-state index in [1.807, 2.05) is 47.0 Å². The molecular formula is C21H24N4O2. The van der Waals surface area contributed by atoms with E-state index in [0.29, 0.717) is 12.3 Å². The Bertz CT molecular complexity index is 958. The average molecular weight is 364 g/mol. The first kappa shape index (κ1) is 17.5. The lowest BCUT2D eigenvalue weighted by atomic mass is 9.91. The third-order valence-electron chi connectivity index (χ3n) is 5.35. The fourth-order valence-electron chi connectivity index (χ4n) is 3.89. The molecule has 1 fully saturated rings. The monoisotopic (exact) mass is 364 g/mol. The highest BCUT2D eigenvalue weighted by Gasteiger charge is 2.27. The minimum absolute atomic E-state index is 0.175. The lowest BCUT2D eigenvalue weighted by molar-refractivity contribution is -0.131. The van der Waals surface area contributed by atoms with Gasteiger partial charge in [0.2, 0.25) is 5.91 Å². The van der Waals surface area contributed by atoms with Crippen molar-refractivity contribution in [3.8, 4) is 5.75 Å². The summed E-state index contributed by atoms with van der Waals surface area (Å²) in [7, 11) is 3.58. The number of ether oxygens (including phenoxy) is 1. The third kappa shape index (κ3) is 3.52. The van der Waals surface area contributed by atoms with Gasteiger partial charge in [-0.2, -0.15) is 5.10 Å². The number of aromatic nitrogens is 3. The van der Waals surface area contributed by atoms with E-state index in [0.717, 1.165) is 54.0 Å². The molecule has 1 saturated heterocycles. The lowest BCUT2D eigenvalue weighted by Crippen LogP contribution is -2.38. The topological polar surface area (TPSA) is 60.2 Å². The Morgan fingerprint density at radius 1 is 1.22 bits per heavy atom. The van der Waals surface area contributed by atoms with Gasteiger partial charge in [-0.05, 0) is 42.7 Å². The van der Waals surface area contributed by atoms with Crippen LogP contribution in [0.2, 0.25) is 0 Å². The summed E-state index contributed by atoms with van der Waals surface area (Å²) in [6.45, 7) is 1.54. The zero-order valence-corrected chi connectivity index (χ0v) is 15.8. The predicted octanol–water partition coefficient (Wildman–Crippen LogP) is 2.93. The van der Waals surface area contributed by atoms with E-state index in [1.54, 1.807) is 13.3 Å². The summed E-state index contributed by atoms with van der Waals surface area (Å²) in [4.78, 5) is 19.1. The number of nitrogens with zero attached hydrogens (tertiary/aromatic N) is 4. The standard InChI is InChI=1S/C21H24N4O2/c1-24-21-18(7-4-10-22-21)20(23-24)16-8-11-25(12-9-16)19(26)14-15-5-3-6-17(13-15)27-2/h3-7,10,13,16H,8-9,11-12,14H2,1-2H3. The van der Waals surface area contributed by atoms with E-state index in [2.05, 4.69) is 11.1 Å². The van der Waals surface area contributed by atoms with Crippen LogP contribution in [-0.2, 0) is 18.3 Å². The second-order valence-corrected chi connectivity index (χ2v) is 7.07. The quantitative estimate of drug-likeness (QED) is 0.714. The van der Waals surface area contributed by atoms with Gasteiger partial charge in [0.05, 0.1) is 19.2 Å². The third-order valence-corrected chi connectivity index (χ3v) is 5.35. The van der Waals surface area contributed by atoms with Crippen LogP contribution in [0, 0.1) is 0 Å². The molecule has 1 amide bonds. The van der Waals surface area contributed by atoms with E-state index >= 15 is 0 Å². The molecule has 6 nitrogen and oxygen atoms in total. The number of amides is 1. The summed E-state index contributed by atoms with van der Waals surface area (Å²) in [6.07, 6.45) is 4.08. The molecule has 3 aromatic rings. The van der Waals surface area contributed by atoms with E-state index in [4.69, 9.17) is 9.84 Å². The first-order chi connectivity index (χ1) is 13.2. The molecule has 27 heavy (non-hydrogen) atoms. The van der Waals surface area contributed by atoms with E-state index < -0.39 is 0 Å². The number of pyridine rings is 1. The Kier molecular flexibility index (Phi) is 4.79. The van der Waals surface area contributed by atoms with Crippen molar-refractivity contribution in [1.82, 2.24) is 19.7 Å². The zero-order chi connectivity index (χ0) is 18.8. The van der Waals surface area contributed by atoms with Crippen LogP contribution < -0.4 is 4.74 Å². The van der Waals surface area contributed by atoms with Gasteiger partial charge in [0.15, 0.2) is 5.65 Å². The number of rotatable bonds is 4. The maximum Gasteiger partial charge on any atom is 0.226 e. The normalized spacial score (nSPS) is 15.3. The summed E-state index contributed by atoms with van der Waals surface area (Å²) in [5.74, 6) is 1.34.